The predicted octanol–water partition coefficient (Wildman–Crippen LogP) is 5.18. The number of nitrogens with zero attached hydrogens (tertiary/aromatic N) is 2. The van der Waals surface area contributed by atoms with Crippen LogP contribution < -0.4 is 9.62 Å². The fourth-order valence-corrected chi connectivity index (χ4v) is 5.48. The number of benzene rings is 3. The molecular formula is C29H34ClN3O4S. The van der Waals surface area contributed by atoms with E-state index in [0.717, 1.165) is 9.87 Å². The summed E-state index contributed by atoms with van der Waals surface area (Å²) in [6.45, 7) is 8.64. The molecule has 0 aromatic heterocycles. The van der Waals surface area contributed by atoms with Crippen LogP contribution in [0.4, 0.5) is 5.69 Å². The summed E-state index contributed by atoms with van der Waals surface area (Å²) in [6, 6.07) is 21.1. The van der Waals surface area contributed by atoms with Crippen LogP contribution in [0.2, 0.25) is 5.02 Å². The van der Waals surface area contributed by atoms with Crippen molar-refractivity contribution in [3.05, 3.63) is 95.0 Å². The van der Waals surface area contributed by atoms with Crippen molar-refractivity contribution < 1.29 is 18.0 Å². The molecule has 0 bridgehead atoms. The minimum atomic E-state index is -4.09. The summed E-state index contributed by atoms with van der Waals surface area (Å²) in [4.78, 5) is 28.4. The summed E-state index contributed by atoms with van der Waals surface area (Å²) in [5.74, 6) is -0.874. The quantitative estimate of drug-likeness (QED) is 0.394. The fourth-order valence-electron chi connectivity index (χ4n) is 3.85. The van der Waals surface area contributed by atoms with Gasteiger partial charge in [-0.2, -0.15) is 0 Å². The van der Waals surface area contributed by atoms with Gasteiger partial charge >= 0.3 is 0 Å². The number of halogens is 1. The first kappa shape index (κ1) is 29.2. The Bertz CT molecular complexity index is 1370. The van der Waals surface area contributed by atoms with Gasteiger partial charge in [0.25, 0.3) is 10.0 Å². The number of aryl methyl sites for hydroxylation is 1. The molecule has 3 rings (SSSR count). The molecule has 1 atom stereocenters. The van der Waals surface area contributed by atoms with Crippen LogP contribution in [0.3, 0.4) is 0 Å². The van der Waals surface area contributed by atoms with Gasteiger partial charge in [0.05, 0.1) is 10.6 Å². The number of anilines is 1. The van der Waals surface area contributed by atoms with E-state index in [1.54, 1.807) is 73.7 Å². The molecule has 0 heterocycles. The van der Waals surface area contributed by atoms with Crippen molar-refractivity contribution in [2.45, 2.75) is 57.6 Å². The number of hydrogen-bond acceptors (Lipinski definition) is 4. The zero-order valence-corrected chi connectivity index (χ0v) is 23.9. The van der Waals surface area contributed by atoms with E-state index in [1.807, 2.05) is 27.7 Å². The molecule has 0 saturated heterocycles. The van der Waals surface area contributed by atoms with Crippen molar-refractivity contribution in [3.8, 4) is 0 Å². The first-order valence-corrected chi connectivity index (χ1v) is 14.1. The Hall–Kier alpha value is -3.36. The van der Waals surface area contributed by atoms with Gasteiger partial charge < -0.3 is 10.2 Å². The molecule has 0 unspecified atom stereocenters. The minimum absolute atomic E-state index is 0.0691. The fraction of sp³-hybridized carbons (Fsp3) is 0.310. The molecular weight excluding hydrogens is 522 g/mol. The van der Waals surface area contributed by atoms with Gasteiger partial charge in [-0.25, -0.2) is 8.42 Å². The third-order valence-electron chi connectivity index (χ3n) is 5.84. The summed E-state index contributed by atoms with van der Waals surface area (Å²) in [6.07, 6.45) is 0. The topological polar surface area (TPSA) is 86.8 Å². The van der Waals surface area contributed by atoms with Gasteiger partial charge in [-0.3, -0.25) is 13.9 Å². The van der Waals surface area contributed by atoms with E-state index in [-0.39, 0.29) is 17.3 Å². The Morgan fingerprint density at radius 1 is 0.947 bits per heavy atom. The number of hydrogen-bond donors (Lipinski definition) is 1. The summed E-state index contributed by atoms with van der Waals surface area (Å²) in [5, 5.41) is 3.40. The average Bonchev–Trinajstić information content (AvgIpc) is 2.85. The molecule has 7 nitrogen and oxygen atoms in total. The van der Waals surface area contributed by atoms with Crippen molar-refractivity contribution in [1.29, 1.82) is 0 Å². The van der Waals surface area contributed by atoms with Crippen LogP contribution in [-0.2, 0) is 26.2 Å². The number of sulfonamides is 1. The molecule has 2 amide bonds. The van der Waals surface area contributed by atoms with Gasteiger partial charge in [0.1, 0.15) is 12.6 Å². The van der Waals surface area contributed by atoms with E-state index in [1.165, 1.54) is 17.0 Å². The Morgan fingerprint density at radius 3 is 2.16 bits per heavy atom. The second-order valence-corrected chi connectivity index (χ2v) is 12.5. The van der Waals surface area contributed by atoms with Crippen LogP contribution in [0.1, 0.15) is 38.8 Å². The van der Waals surface area contributed by atoms with Gasteiger partial charge in [-0.1, -0.05) is 59.6 Å². The van der Waals surface area contributed by atoms with Gasteiger partial charge in [-0.15, -0.1) is 0 Å². The number of nitrogens with one attached hydrogen (secondary N) is 1. The molecule has 0 saturated carbocycles. The van der Waals surface area contributed by atoms with E-state index in [0.29, 0.717) is 16.3 Å². The summed E-state index contributed by atoms with van der Waals surface area (Å²) in [7, 11) is -4.09. The lowest BCUT2D eigenvalue weighted by Crippen LogP contribution is -2.54. The first-order chi connectivity index (χ1) is 17.8. The Labute approximate surface area is 230 Å². The Balaban J connectivity index is 2.01. The first-order valence-electron chi connectivity index (χ1n) is 12.3. The van der Waals surface area contributed by atoms with Gasteiger partial charge in [0.2, 0.25) is 11.8 Å². The Kier molecular flexibility index (Phi) is 9.22. The molecule has 0 radical (unpaired) electrons. The van der Waals surface area contributed by atoms with Crippen molar-refractivity contribution >= 4 is 39.1 Å². The molecule has 3 aromatic rings. The van der Waals surface area contributed by atoms with Crippen molar-refractivity contribution in [2.75, 3.05) is 10.8 Å². The molecule has 202 valence electrons. The maximum atomic E-state index is 13.9. The molecule has 0 aliphatic rings. The summed E-state index contributed by atoms with van der Waals surface area (Å²) >= 11 is 6.17. The van der Waals surface area contributed by atoms with Crippen LogP contribution in [0.25, 0.3) is 0 Å². The van der Waals surface area contributed by atoms with Crippen LogP contribution in [0.15, 0.2) is 83.8 Å². The summed E-state index contributed by atoms with van der Waals surface area (Å²) in [5.41, 5.74) is 1.46. The molecule has 38 heavy (non-hydrogen) atoms. The van der Waals surface area contributed by atoms with E-state index >= 15 is 0 Å². The van der Waals surface area contributed by atoms with E-state index in [4.69, 9.17) is 11.6 Å². The molecule has 0 aliphatic heterocycles. The third kappa shape index (κ3) is 7.58. The van der Waals surface area contributed by atoms with Crippen molar-refractivity contribution in [3.63, 3.8) is 0 Å². The van der Waals surface area contributed by atoms with Crippen molar-refractivity contribution in [2.24, 2.45) is 0 Å². The van der Waals surface area contributed by atoms with E-state index < -0.39 is 34.1 Å². The molecule has 0 aliphatic carbocycles. The maximum absolute atomic E-state index is 13.9. The zero-order valence-electron chi connectivity index (χ0n) is 22.3. The highest BCUT2D eigenvalue weighted by Gasteiger charge is 2.33. The minimum Gasteiger partial charge on any atom is -0.350 e. The van der Waals surface area contributed by atoms with Crippen LogP contribution in [0.5, 0.6) is 0 Å². The highest BCUT2D eigenvalue weighted by Crippen LogP contribution is 2.25. The normalized spacial score (nSPS) is 12.5. The average molecular weight is 556 g/mol. The monoisotopic (exact) mass is 555 g/mol. The number of carbonyl (C=O) groups excluding carboxylic acids is 2. The summed E-state index contributed by atoms with van der Waals surface area (Å²) < 4.78 is 28.6. The highest BCUT2D eigenvalue weighted by molar-refractivity contribution is 7.92. The number of carbonyl (C=O) groups is 2. The maximum Gasteiger partial charge on any atom is 0.264 e. The highest BCUT2D eigenvalue weighted by atomic mass is 35.5. The SMILES string of the molecule is Cc1ccc(S(=O)(=O)N(CC(=O)N(Cc2cccc(Cl)c2)[C@@H](C)C(=O)NC(C)(C)C)c2ccccc2)cc1. The van der Waals surface area contributed by atoms with E-state index in [9.17, 15) is 18.0 Å². The molecule has 9 heteroatoms. The lowest BCUT2D eigenvalue weighted by molar-refractivity contribution is -0.140. The predicted molar refractivity (Wildman–Crippen MR) is 152 cm³/mol. The smallest absolute Gasteiger partial charge is 0.264 e. The largest absolute Gasteiger partial charge is 0.350 e. The Morgan fingerprint density at radius 2 is 1.58 bits per heavy atom. The van der Waals surface area contributed by atoms with Gasteiger partial charge in [0.15, 0.2) is 0 Å². The van der Waals surface area contributed by atoms with Gasteiger partial charge in [-0.05, 0) is 76.6 Å². The van der Waals surface area contributed by atoms with Crippen LogP contribution >= 0.6 is 11.6 Å². The van der Waals surface area contributed by atoms with Gasteiger partial charge in [0, 0.05) is 17.1 Å². The molecule has 1 N–H and O–H groups in total. The molecule has 0 spiro atoms. The standard InChI is InChI=1S/C29H34ClN3O4S/c1-21-14-16-26(17-15-21)38(36,37)33(25-12-7-6-8-13-25)20-27(34)32(19-23-10-9-11-24(30)18-23)22(2)28(35)31-29(3,4)5/h6-18,22H,19-20H2,1-5H3,(H,31,35)/t22-/m0/s1. The third-order valence-corrected chi connectivity index (χ3v) is 7.86. The lowest BCUT2D eigenvalue weighted by Gasteiger charge is -2.33. The number of amides is 2. The van der Waals surface area contributed by atoms with Crippen molar-refractivity contribution in [1.82, 2.24) is 10.2 Å². The van der Waals surface area contributed by atoms with Crippen LogP contribution in [0, 0.1) is 6.92 Å². The lowest BCUT2D eigenvalue weighted by atomic mass is 10.1. The number of rotatable bonds is 9. The van der Waals surface area contributed by atoms with E-state index in [2.05, 4.69) is 5.32 Å². The number of para-hydroxylation sites is 1. The second kappa shape index (κ2) is 12.0. The second-order valence-electron chi connectivity index (χ2n) is 10.2. The zero-order chi connectivity index (χ0) is 28.1. The van der Waals surface area contributed by atoms with Crippen LogP contribution in [-0.4, -0.2) is 43.3 Å². The molecule has 3 aromatic carbocycles. The molecule has 0 fully saturated rings.